The second-order valence-electron chi connectivity index (χ2n) is 3.93. The Morgan fingerprint density at radius 1 is 1.32 bits per heavy atom. The fraction of sp³-hybridized carbons (Fsp3) is 0. The molecule has 0 aliphatic carbocycles. The molecule has 0 radical (unpaired) electrons. The number of aromatic carboxylic acids is 1. The SMILES string of the molecule is Nc1cn(-c2cnnc3ccccc23)nc1C(=O)O. The van der Waals surface area contributed by atoms with Gasteiger partial charge in [0.25, 0.3) is 0 Å². The molecule has 3 aromatic rings. The number of carboxylic acid groups (broad SMARTS) is 1. The summed E-state index contributed by atoms with van der Waals surface area (Å²) in [6.45, 7) is 0. The minimum atomic E-state index is -1.16. The van der Waals surface area contributed by atoms with E-state index in [1.807, 2.05) is 24.3 Å². The van der Waals surface area contributed by atoms with Gasteiger partial charge >= 0.3 is 5.97 Å². The minimum absolute atomic E-state index is 0.105. The number of hydrogen-bond acceptors (Lipinski definition) is 5. The molecule has 2 heterocycles. The van der Waals surface area contributed by atoms with E-state index in [9.17, 15) is 4.79 Å². The smallest absolute Gasteiger partial charge is 0.358 e. The molecule has 0 unspecified atom stereocenters. The van der Waals surface area contributed by atoms with Crippen LogP contribution in [-0.2, 0) is 0 Å². The van der Waals surface area contributed by atoms with Crippen molar-refractivity contribution in [3.63, 3.8) is 0 Å². The van der Waals surface area contributed by atoms with Gasteiger partial charge in [-0.25, -0.2) is 9.48 Å². The third kappa shape index (κ3) is 1.77. The van der Waals surface area contributed by atoms with Crippen LogP contribution < -0.4 is 5.73 Å². The molecule has 0 fully saturated rings. The zero-order valence-electron chi connectivity index (χ0n) is 9.69. The summed E-state index contributed by atoms with van der Waals surface area (Å²) in [5, 5.41) is 21.6. The Labute approximate surface area is 107 Å². The van der Waals surface area contributed by atoms with Gasteiger partial charge in [-0.2, -0.15) is 15.3 Å². The van der Waals surface area contributed by atoms with Gasteiger partial charge in [-0.1, -0.05) is 18.2 Å². The molecule has 3 N–H and O–H groups in total. The van der Waals surface area contributed by atoms with Crippen LogP contribution in [0.2, 0.25) is 0 Å². The maximum atomic E-state index is 10.9. The summed E-state index contributed by atoms with van der Waals surface area (Å²) in [7, 11) is 0. The van der Waals surface area contributed by atoms with Crippen molar-refractivity contribution in [3.05, 3.63) is 42.4 Å². The number of carbonyl (C=O) groups is 1. The van der Waals surface area contributed by atoms with Crippen molar-refractivity contribution in [1.29, 1.82) is 0 Å². The highest BCUT2D eigenvalue weighted by Gasteiger charge is 2.15. The van der Waals surface area contributed by atoms with Crippen LogP contribution in [0.25, 0.3) is 16.6 Å². The summed E-state index contributed by atoms with van der Waals surface area (Å²) in [6, 6.07) is 7.38. The van der Waals surface area contributed by atoms with Gasteiger partial charge in [-0.3, -0.25) is 0 Å². The molecular weight excluding hydrogens is 246 g/mol. The number of anilines is 1. The van der Waals surface area contributed by atoms with Gasteiger partial charge in [0.2, 0.25) is 0 Å². The molecule has 94 valence electrons. The van der Waals surface area contributed by atoms with Crippen molar-refractivity contribution < 1.29 is 9.90 Å². The van der Waals surface area contributed by atoms with E-state index < -0.39 is 5.97 Å². The van der Waals surface area contributed by atoms with Gasteiger partial charge in [0, 0.05) is 5.39 Å². The van der Waals surface area contributed by atoms with Crippen LogP contribution in [0, 0.1) is 0 Å². The third-order valence-corrected chi connectivity index (χ3v) is 2.72. The average molecular weight is 255 g/mol. The first kappa shape index (κ1) is 11.1. The second kappa shape index (κ2) is 4.05. The largest absolute Gasteiger partial charge is 0.476 e. The number of nitrogens with zero attached hydrogens (tertiary/aromatic N) is 4. The van der Waals surface area contributed by atoms with Gasteiger partial charge in [0.15, 0.2) is 5.69 Å². The molecule has 0 bridgehead atoms. The number of aromatic nitrogens is 4. The lowest BCUT2D eigenvalue weighted by Crippen LogP contribution is -2.03. The average Bonchev–Trinajstić information content (AvgIpc) is 2.80. The molecule has 7 nitrogen and oxygen atoms in total. The van der Waals surface area contributed by atoms with Gasteiger partial charge < -0.3 is 10.8 Å². The van der Waals surface area contributed by atoms with Crippen molar-refractivity contribution in [2.24, 2.45) is 0 Å². The number of rotatable bonds is 2. The molecule has 0 atom stereocenters. The molecule has 3 rings (SSSR count). The standard InChI is InChI=1S/C12H9N5O2/c13-8-6-17(16-11(8)12(18)19)10-5-14-15-9-4-2-1-3-7(9)10/h1-6H,13H2,(H,18,19). The molecule has 7 heteroatoms. The Balaban J connectivity index is 2.25. The molecule has 0 amide bonds. The van der Waals surface area contributed by atoms with E-state index in [1.165, 1.54) is 17.1 Å². The summed E-state index contributed by atoms with van der Waals surface area (Å²) in [4.78, 5) is 10.9. The number of hydrogen-bond donors (Lipinski definition) is 2. The highest BCUT2D eigenvalue weighted by Crippen LogP contribution is 2.20. The number of fused-ring (bicyclic) bond motifs is 1. The first-order valence-electron chi connectivity index (χ1n) is 5.46. The Morgan fingerprint density at radius 3 is 2.84 bits per heavy atom. The molecule has 1 aromatic carbocycles. The summed E-state index contributed by atoms with van der Waals surface area (Å²) in [5.41, 5.74) is 6.88. The first-order valence-corrected chi connectivity index (χ1v) is 5.46. The van der Waals surface area contributed by atoms with Gasteiger partial charge in [0.05, 0.1) is 29.3 Å². The van der Waals surface area contributed by atoms with Crippen molar-refractivity contribution in [2.75, 3.05) is 5.73 Å². The number of carboxylic acids is 1. The molecule has 0 aliphatic rings. The topological polar surface area (TPSA) is 107 Å². The lowest BCUT2D eigenvalue weighted by atomic mass is 10.2. The van der Waals surface area contributed by atoms with Crippen molar-refractivity contribution in [1.82, 2.24) is 20.0 Å². The molecule has 19 heavy (non-hydrogen) atoms. The highest BCUT2D eigenvalue weighted by molar-refractivity contribution is 5.92. The van der Waals surface area contributed by atoms with Crippen molar-refractivity contribution in [3.8, 4) is 5.69 Å². The van der Waals surface area contributed by atoms with Crippen LogP contribution >= 0.6 is 0 Å². The predicted molar refractivity (Wildman–Crippen MR) is 68.0 cm³/mol. The van der Waals surface area contributed by atoms with Crippen LogP contribution in [-0.4, -0.2) is 31.1 Å². The minimum Gasteiger partial charge on any atom is -0.476 e. The number of nitrogens with two attached hydrogens (primary N) is 1. The molecule has 0 spiro atoms. The second-order valence-corrected chi connectivity index (χ2v) is 3.93. The van der Waals surface area contributed by atoms with E-state index in [0.29, 0.717) is 11.2 Å². The van der Waals surface area contributed by atoms with Crippen molar-refractivity contribution >= 4 is 22.6 Å². The maximum absolute atomic E-state index is 10.9. The Morgan fingerprint density at radius 2 is 2.11 bits per heavy atom. The lowest BCUT2D eigenvalue weighted by Gasteiger charge is -2.04. The van der Waals surface area contributed by atoms with Crippen LogP contribution in [0.5, 0.6) is 0 Å². The molecule has 2 aromatic heterocycles. The summed E-state index contributed by atoms with van der Waals surface area (Å²) in [6.07, 6.45) is 2.97. The summed E-state index contributed by atoms with van der Waals surface area (Å²) < 4.78 is 1.40. The Kier molecular flexibility index (Phi) is 2.38. The maximum Gasteiger partial charge on any atom is 0.358 e. The van der Waals surface area contributed by atoms with E-state index in [0.717, 1.165) is 5.39 Å². The van der Waals surface area contributed by atoms with E-state index in [1.54, 1.807) is 0 Å². The number of nitrogen functional groups attached to an aromatic ring is 1. The van der Waals surface area contributed by atoms with Crippen LogP contribution in [0.15, 0.2) is 36.7 Å². The summed E-state index contributed by atoms with van der Waals surface area (Å²) in [5.74, 6) is -1.16. The zero-order chi connectivity index (χ0) is 13.4. The molecular formula is C12H9N5O2. The fourth-order valence-corrected chi connectivity index (χ4v) is 1.85. The van der Waals surface area contributed by atoms with Crippen molar-refractivity contribution in [2.45, 2.75) is 0 Å². The van der Waals surface area contributed by atoms with E-state index in [4.69, 9.17) is 10.8 Å². The zero-order valence-corrected chi connectivity index (χ0v) is 9.69. The number of benzene rings is 1. The van der Waals surface area contributed by atoms with Crippen LogP contribution in [0.3, 0.4) is 0 Å². The Bertz CT molecular complexity index is 775. The third-order valence-electron chi connectivity index (χ3n) is 2.72. The predicted octanol–water partition coefficient (Wildman–Crippen LogP) is 1.10. The van der Waals surface area contributed by atoms with E-state index in [2.05, 4.69) is 15.3 Å². The quantitative estimate of drug-likeness (QED) is 0.710. The van der Waals surface area contributed by atoms with Gasteiger partial charge in [-0.15, -0.1) is 0 Å². The van der Waals surface area contributed by atoms with Gasteiger partial charge in [-0.05, 0) is 6.07 Å². The van der Waals surface area contributed by atoms with E-state index in [-0.39, 0.29) is 11.4 Å². The molecule has 0 aliphatic heterocycles. The Hall–Kier alpha value is -2.96. The molecule has 0 saturated carbocycles. The first-order chi connectivity index (χ1) is 9.16. The summed E-state index contributed by atoms with van der Waals surface area (Å²) >= 11 is 0. The monoisotopic (exact) mass is 255 g/mol. The fourth-order valence-electron chi connectivity index (χ4n) is 1.85. The van der Waals surface area contributed by atoms with E-state index >= 15 is 0 Å². The highest BCUT2D eigenvalue weighted by atomic mass is 16.4. The van der Waals surface area contributed by atoms with Crippen LogP contribution in [0.4, 0.5) is 5.69 Å². The normalized spacial score (nSPS) is 10.7. The van der Waals surface area contributed by atoms with Gasteiger partial charge in [0.1, 0.15) is 0 Å². The van der Waals surface area contributed by atoms with Crippen LogP contribution in [0.1, 0.15) is 10.5 Å². The molecule has 0 saturated heterocycles. The lowest BCUT2D eigenvalue weighted by molar-refractivity contribution is 0.0691.